The molecule has 0 aromatic heterocycles. The highest BCUT2D eigenvalue weighted by Crippen LogP contribution is 2.50. The second-order valence-electron chi connectivity index (χ2n) is 5.72. The first kappa shape index (κ1) is 14.2. The summed E-state index contributed by atoms with van der Waals surface area (Å²) in [5, 5.41) is 3.07. The van der Waals surface area contributed by atoms with Gasteiger partial charge in [-0.25, -0.2) is 0 Å². The highest BCUT2D eigenvalue weighted by atomic mass is 16.6. The van der Waals surface area contributed by atoms with Crippen molar-refractivity contribution >= 4 is 5.91 Å². The van der Waals surface area contributed by atoms with Gasteiger partial charge in [0.25, 0.3) is 0 Å². The van der Waals surface area contributed by atoms with Gasteiger partial charge in [-0.3, -0.25) is 4.79 Å². The first-order chi connectivity index (χ1) is 10.2. The molecule has 1 aliphatic heterocycles. The summed E-state index contributed by atoms with van der Waals surface area (Å²) in [5.74, 6) is 2.30. The highest BCUT2D eigenvalue weighted by Gasteiger charge is 2.45. The van der Waals surface area contributed by atoms with E-state index in [1.807, 2.05) is 31.1 Å². The Labute approximate surface area is 125 Å². The highest BCUT2D eigenvalue weighted by molar-refractivity contribution is 5.82. The molecular formula is C16H22N2O3. The summed E-state index contributed by atoms with van der Waals surface area (Å²) >= 11 is 0. The predicted molar refractivity (Wildman–Crippen MR) is 79.8 cm³/mol. The molecule has 21 heavy (non-hydrogen) atoms. The Morgan fingerprint density at radius 2 is 2.10 bits per heavy atom. The minimum atomic E-state index is 0.120. The van der Waals surface area contributed by atoms with Crippen LogP contribution in [0.25, 0.3) is 0 Å². The molecule has 0 spiro atoms. The lowest BCUT2D eigenvalue weighted by molar-refractivity contribution is -0.131. The number of hydrogen-bond acceptors (Lipinski definition) is 4. The van der Waals surface area contributed by atoms with Crippen molar-refractivity contribution in [1.82, 2.24) is 10.2 Å². The number of likely N-dealkylation sites (N-methyl/N-ethyl adjacent to an activating group) is 2. The number of carbonyl (C=O) groups is 1. The quantitative estimate of drug-likeness (QED) is 0.886. The number of fused-ring (bicyclic) bond motifs is 1. The van der Waals surface area contributed by atoms with Gasteiger partial charge >= 0.3 is 0 Å². The summed E-state index contributed by atoms with van der Waals surface area (Å²) in [4.78, 5) is 14.1. The summed E-state index contributed by atoms with van der Waals surface area (Å²) in [6.45, 7) is 2.77. The Bertz CT molecular complexity index is 532. The van der Waals surface area contributed by atoms with Crippen LogP contribution in [0.1, 0.15) is 17.9 Å². The molecule has 2 unspecified atom stereocenters. The zero-order valence-corrected chi connectivity index (χ0v) is 12.6. The summed E-state index contributed by atoms with van der Waals surface area (Å²) in [7, 11) is 3.77. The van der Waals surface area contributed by atoms with Crippen LogP contribution in [-0.2, 0) is 4.79 Å². The Morgan fingerprint density at radius 1 is 1.33 bits per heavy atom. The fourth-order valence-corrected chi connectivity index (χ4v) is 2.80. The summed E-state index contributed by atoms with van der Waals surface area (Å²) in [6.07, 6.45) is 0.933. The van der Waals surface area contributed by atoms with Gasteiger partial charge in [0, 0.05) is 26.1 Å². The summed E-state index contributed by atoms with van der Waals surface area (Å²) in [5.41, 5.74) is 1.18. The number of ether oxygens (including phenoxy) is 2. The van der Waals surface area contributed by atoms with Crippen molar-refractivity contribution in [3.8, 4) is 11.5 Å². The molecule has 1 aliphatic carbocycles. The van der Waals surface area contributed by atoms with E-state index in [0.717, 1.165) is 31.0 Å². The summed E-state index contributed by atoms with van der Waals surface area (Å²) in [6, 6.07) is 6.04. The number of nitrogens with one attached hydrogen (secondary N) is 1. The molecule has 1 heterocycles. The van der Waals surface area contributed by atoms with E-state index in [1.54, 1.807) is 0 Å². The number of rotatable bonds is 5. The minimum Gasteiger partial charge on any atom is -0.486 e. The van der Waals surface area contributed by atoms with Gasteiger partial charge in [-0.05, 0) is 37.1 Å². The van der Waals surface area contributed by atoms with Crippen molar-refractivity contribution in [2.75, 3.05) is 40.4 Å². The molecule has 2 atom stereocenters. The third-order valence-electron chi connectivity index (χ3n) is 4.18. The lowest BCUT2D eigenvalue weighted by Gasteiger charge is -2.19. The molecule has 1 amide bonds. The maximum atomic E-state index is 12.3. The molecular weight excluding hydrogens is 268 g/mol. The van der Waals surface area contributed by atoms with Crippen LogP contribution in [0.2, 0.25) is 0 Å². The van der Waals surface area contributed by atoms with Crippen molar-refractivity contribution in [2.45, 2.75) is 12.3 Å². The second-order valence-corrected chi connectivity index (χ2v) is 5.72. The molecule has 1 aromatic rings. The molecule has 1 fully saturated rings. The average molecular weight is 290 g/mol. The van der Waals surface area contributed by atoms with Gasteiger partial charge in [0.1, 0.15) is 13.2 Å². The van der Waals surface area contributed by atoms with Gasteiger partial charge in [0.15, 0.2) is 11.5 Å². The van der Waals surface area contributed by atoms with E-state index in [1.165, 1.54) is 5.56 Å². The van der Waals surface area contributed by atoms with Gasteiger partial charge < -0.3 is 19.7 Å². The number of hydrogen-bond donors (Lipinski definition) is 1. The van der Waals surface area contributed by atoms with Crippen LogP contribution in [0, 0.1) is 5.92 Å². The standard InChI is InChI=1S/C16H22N2O3/c1-17-5-6-18(2)16(19)13-10-12(13)11-3-4-14-15(9-11)21-8-7-20-14/h3-4,9,12-13,17H,5-8,10H2,1-2H3. The van der Waals surface area contributed by atoms with E-state index in [0.29, 0.717) is 19.1 Å². The van der Waals surface area contributed by atoms with Crippen molar-refractivity contribution < 1.29 is 14.3 Å². The average Bonchev–Trinajstić information content (AvgIpc) is 3.32. The molecule has 1 aromatic carbocycles. The van der Waals surface area contributed by atoms with Crippen LogP contribution in [0.15, 0.2) is 18.2 Å². The second kappa shape index (κ2) is 5.93. The topological polar surface area (TPSA) is 50.8 Å². The lowest BCUT2D eigenvalue weighted by Crippen LogP contribution is -2.34. The van der Waals surface area contributed by atoms with Crippen LogP contribution >= 0.6 is 0 Å². The number of benzene rings is 1. The molecule has 2 aliphatic rings. The van der Waals surface area contributed by atoms with Gasteiger partial charge in [-0.15, -0.1) is 0 Å². The Hall–Kier alpha value is -1.75. The molecule has 5 nitrogen and oxygen atoms in total. The van der Waals surface area contributed by atoms with Crippen LogP contribution in [-0.4, -0.2) is 51.2 Å². The van der Waals surface area contributed by atoms with E-state index in [2.05, 4.69) is 11.4 Å². The monoisotopic (exact) mass is 290 g/mol. The molecule has 0 saturated heterocycles. The summed E-state index contributed by atoms with van der Waals surface area (Å²) < 4.78 is 11.1. The molecule has 5 heteroatoms. The van der Waals surface area contributed by atoms with Crippen molar-refractivity contribution in [3.63, 3.8) is 0 Å². The van der Waals surface area contributed by atoms with Crippen molar-refractivity contribution in [3.05, 3.63) is 23.8 Å². The molecule has 114 valence electrons. The lowest BCUT2D eigenvalue weighted by atomic mass is 10.1. The maximum absolute atomic E-state index is 12.3. The number of nitrogens with zero attached hydrogens (tertiary/aromatic N) is 1. The van der Waals surface area contributed by atoms with Gasteiger partial charge in [0.05, 0.1) is 0 Å². The van der Waals surface area contributed by atoms with E-state index in [-0.39, 0.29) is 11.8 Å². The predicted octanol–water partition coefficient (Wildman–Crippen LogP) is 1.24. The van der Waals surface area contributed by atoms with E-state index in [4.69, 9.17) is 9.47 Å². The Balaban J connectivity index is 1.63. The van der Waals surface area contributed by atoms with Crippen molar-refractivity contribution in [2.24, 2.45) is 5.92 Å². The fourth-order valence-electron chi connectivity index (χ4n) is 2.80. The molecule has 0 radical (unpaired) electrons. The molecule has 1 N–H and O–H groups in total. The maximum Gasteiger partial charge on any atom is 0.226 e. The third-order valence-corrected chi connectivity index (χ3v) is 4.18. The van der Waals surface area contributed by atoms with E-state index < -0.39 is 0 Å². The Kier molecular flexibility index (Phi) is 4.01. The SMILES string of the molecule is CNCCN(C)C(=O)C1CC1c1ccc2c(c1)OCCO2. The smallest absolute Gasteiger partial charge is 0.226 e. The van der Waals surface area contributed by atoms with Gasteiger partial charge in [-0.2, -0.15) is 0 Å². The Morgan fingerprint density at radius 3 is 2.86 bits per heavy atom. The zero-order chi connectivity index (χ0) is 14.8. The minimum absolute atomic E-state index is 0.120. The molecule has 3 rings (SSSR count). The first-order valence-electron chi connectivity index (χ1n) is 7.50. The fraction of sp³-hybridized carbons (Fsp3) is 0.562. The first-order valence-corrected chi connectivity index (χ1v) is 7.50. The van der Waals surface area contributed by atoms with Crippen LogP contribution in [0.4, 0.5) is 0 Å². The number of carbonyl (C=O) groups excluding carboxylic acids is 1. The van der Waals surface area contributed by atoms with E-state index in [9.17, 15) is 4.79 Å². The van der Waals surface area contributed by atoms with Crippen LogP contribution in [0.5, 0.6) is 11.5 Å². The number of amides is 1. The molecule has 1 saturated carbocycles. The molecule has 0 bridgehead atoms. The van der Waals surface area contributed by atoms with E-state index >= 15 is 0 Å². The third kappa shape index (κ3) is 2.97. The zero-order valence-electron chi connectivity index (χ0n) is 12.6. The van der Waals surface area contributed by atoms with Crippen molar-refractivity contribution in [1.29, 1.82) is 0 Å². The van der Waals surface area contributed by atoms with Gasteiger partial charge in [0.2, 0.25) is 5.91 Å². The van der Waals surface area contributed by atoms with Crippen LogP contribution in [0.3, 0.4) is 0 Å². The van der Waals surface area contributed by atoms with Gasteiger partial charge in [-0.1, -0.05) is 6.07 Å². The normalized spacial score (nSPS) is 22.8. The largest absolute Gasteiger partial charge is 0.486 e. The van der Waals surface area contributed by atoms with Crippen LogP contribution < -0.4 is 14.8 Å².